The monoisotopic (exact) mass is 452 g/mol. The molecule has 0 bridgehead atoms. The molecule has 2 heterocycles. The number of hydrogen-bond donors (Lipinski definition) is 4. The van der Waals surface area contributed by atoms with E-state index in [-0.39, 0.29) is 40.6 Å². The molecular formula is C19H22F2N6O3S. The molecule has 0 aliphatic rings. The third-order valence-corrected chi connectivity index (χ3v) is 5.07. The molecule has 0 spiro atoms. The molecule has 1 atom stereocenters. The average molecular weight is 452 g/mol. The highest BCUT2D eigenvalue weighted by molar-refractivity contribution is 7.98. The molecule has 4 N–H and O–H groups in total. The fourth-order valence-corrected chi connectivity index (χ4v) is 3.41. The van der Waals surface area contributed by atoms with E-state index in [2.05, 4.69) is 30.6 Å². The van der Waals surface area contributed by atoms with Gasteiger partial charge in [0, 0.05) is 31.0 Å². The van der Waals surface area contributed by atoms with Crippen molar-refractivity contribution in [2.24, 2.45) is 0 Å². The van der Waals surface area contributed by atoms with E-state index in [0.717, 1.165) is 17.8 Å². The highest BCUT2D eigenvalue weighted by Crippen LogP contribution is 2.26. The molecule has 2 aromatic heterocycles. The smallest absolute Gasteiger partial charge is 0.292 e. The van der Waals surface area contributed by atoms with Gasteiger partial charge in [-0.05, 0) is 13.0 Å². The van der Waals surface area contributed by atoms with Crippen LogP contribution in [0.4, 0.5) is 20.4 Å². The second kappa shape index (κ2) is 10.5. The lowest BCUT2D eigenvalue weighted by Gasteiger charge is -2.14. The lowest BCUT2D eigenvalue weighted by Crippen LogP contribution is -2.23. The van der Waals surface area contributed by atoms with Gasteiger partial charge in [0.2, 0.25) is 0 Å². The molecule has 166 valence electrons. The largest absolute Gasteiger partial charge is 0.394 e. The van der Waals surface area contributed by atoms with Gasteiger partial charge in [0.15, 0.2) is 39.6 Å². The second-order valence-electron chi connectivity index (χ2n) is 6.62. The first kappa shape index (κ1) is 22.8. The topological polar surface area (TPSA) is 125 Å². The second-order valence-corrected chi connectivity index (χ2v) is 7.56. The van der Waals surface area contributed by atoms with Gasteiger partial charge in [-0.3, -0.25) is 4.79 Å². The summed E-state index contributed by atoms with van der Waals surface area (Å²) in [5.41, 5.74) is 0.153. The number of rotatable bonds is 10. The van der Waals surface area contributed by atoms with Gasteiger partial charge in [-0.15, -0.1) is 0 Å². The molecule has 0 unspecified atom stereocenters. The van der Waals surface area contributed by atoms with Crippen LogP contribution in [0, 0.1) is 11.6 Å². The third-order valence-electron chi connectivity index (χ3n) is 4.18. The van der Waals surface area contributed by atoms with Crippen molar-refractivity contribution in [1.82, 2.24) is 19.9 Å². The molecule has 12 heteroatoms. The lowest BCUT2D eigenvalue weighted by atomic mass is 10.2. The van der Waals surface area contributed by atoms with E-state index in [1.807, 2.05) is 0 Å². The molecule has 0 aliphatic heterocycles. The number of thioether (sulfide) groups is 1. The van der Waals surface area contributed by atoms with Crippen LogP contribution in [0.1, 0.15) is 12.5 Å². The molecule has 3 aromatic rings. The standard InChI is InChI=1S/C19H22F2N6O3S/c1-10(8-28)23-15-14-16(25-18(29)17(24-14)22-6-7-30-2)27-19(26-15)31-9-11-4-3-5-12(20)13(11)21/h3-5,10,28H,6-9H2,1-2H3,(H,22,24)(H2,23,25,26,27,29)/t10-/m1/s1. The van der Waals surface area contributed by atoms with Crippen molar-refractivity contribution >= 4 is 34.6 Å². The van der Waals surface area contributed by atoms with Gasteiger partial charge in [0.25, 0.3) is 5.56 Å². The molecule has 9 nitrogen and oxygen atoms in total. The maximum absolute atomic E-state index is 13.9. The van der Waals surface area contributed by atoms with E-state index in [4.69, 9.17) is 4.74 Å². The van der Waals surface area contributed by atoms with E-state index in [1.54, 1.807) is 14.0 Å². The Hall–Kier alpha value is -2.83. The van der Waals surface area contributed by atoms with Crippen LogP contribution in [0.3, 0.4) is 0 Å². The van der Waals surface area contributed by atoms with Gasteiger partial charge in [0.1, 0.15) is 0 Å². The quantitative estimate of drug-likeness (QED) is 0.208. The van der Waals surface area contributed by atoms with Crippen molar-refractivity contribution in [3.05, 3.63) is 45.8 Å². The number of fused-ring (bicyclic) bond motifs is 1. The number of aliphatic hydroxyl groups is 1. The molecule has 0 radical (unpaired) electrons. The first-order valence-electron chi connectivity index (χ1n) is 9.41. The summed E-state index contributed by atoms with van der Waals surface area (Å²) in [7, 11) is 1.54. The van der Waals surface area contributed by atoms with Gasteiger partial charge < -0.3 is 25.5 Å². The molecular weight excluding hydrogens is 430 g/mol. The van der Waals surface area contributed by atoms with E-state index in [9.17, 15) is 18.7 Å². The van der Waals surface area contributed by atoms with Gasteiger partial charge in [-0.25, -0.2) is 23.7 Å². The number of hydrogen-bond acceptors (Lipinski definition) is 9. The first-order chi connectivity index (χ1) is 14.9. The normalized spacial score (nSPS) is 12.2. The van der Waals surface area contributed by atoms with Crippen LogP contribution in [-0.2, 0) is 10.5 Å². The summed E-state index contributed by atoms with van der Waals surface area (Å²) >= 11 is 1.07. The highest BCUT2D eigenvalue weighted by atomic mass is 32.2. The van der Waals surface area contributed by atoms with Gasteiger partial charge in [-0.2, -0.15) is 0 Å². The zero-order chi connectivity index (χ0) is 22.4. The van der Waals surface area contributed by atoms with Crippen molar-refractivity contribution in [3.63, 3.8) is 0 Å². The van der Waals surface area contributed by atoms with E-state index < -0.39 is 17.2 Å². The zero-order valence-electron chi connectivity index (χ0n) is 16.9. The maximum Gasteiger partial charge on any atom is 0.292 e. The number of nitrogens with zero attached hydrogens (tertiary/aromatic N) is 3. The Kier molecular flexibility index (Phi) is 7.71. The SMILES string of the molecule is COCCNc1nc2c(N[C@H](C)CO)nc(SCc3cccc(F)c3F)nc2[nH]c1=O. The predicted octanol–water partition coefficient (Wildman–Crippen LogP) is 2.13. The van der Waals surface area contributed by atoms with Crippen LogP contribution in [0.15, 0.2) is 28.2 Å². The van der Waals surface area contributed by atoms with Gasteiger partial charge >= 0.3 is 0 Å². The number of ether oxygens (including phenoxy) is 1. The number of aliphatic hydroxyl groups excluding tert-OH is 1. The number of anilines is 2. The Morgan fingerprint density at radius 1 is 1.26 bits per heavy atom. The van der Waals surface area contributed by atoms with Crippen molar-refractivity contribution in [1.29, 1.82) is 0 Å². The molecule has 0 aliphatic carbocycles. The van der Waals surface area contributed by atoms with E-state index >= 15 is 0 Å². The minimum atomic E-state index is -0.932. The Morgan fingerprint density at radius 2 is 2.06 bits per heavy atom. The summed E-state index contributed by atoms with van der Waals surface area (Å²) in [6.07, 6.45) is 0. The zero-order valence-corrected chi connectivity index (χ0v) is 17.7. The average Bonchev–Trinajstić information content (AvgIpc) is 2.75. The highest BCUT2D eigenvalue weighted by Gasteiger charge is 2.16. The van der Waals surface area contributed by atoms with Crippen molar-refractivity contribution in [3.8, 4) is 0 Å². The summed E-state index contributed by atoms with van der Waals surface area (Å²) < 4.78 is 32.3. The summed E-state index contributed by atoms with van der Waals surface area (Å²) in [5, 5.41) is 15.5. The number of aromatic nitrogens is 4. The Balaban J connectivity index is 1.96. The van der Waals surface area contributed by atoms with Gasteiger partial charge in [0.05, 0.1) is 13.2 Å². The molecule has 0 fully saturated rings. The van der Waals surface area contributed by atoms with Gasteiger partial charge in [-0.1, -0.05) is 23.9 Å². The molecule has 0 saturated carbocycles. The van der Waals surface area contributed by atoms with Crippen LogP contribution < -0.4 is 16.2 Å². The van der Waals surface area contributed by atoms with E-state index in [0.29, 0.717) is 24.5 Å². The van der Waals surface area contributed by atoms with Crippen molar-refractivity contribution in [2.45, 2.75) is 23.9 Å². The van der Waals surface area contributed by atoms with Crippen LogP contribution in [0.25, 0.3) is 11.2 Å². The molecule has 0 amide bonds. The van der Waals surface area contributed by atoms with Crippen LogP contribution >= 0.6 is 11.8 Å². The van der Waals surface area contributed by atoms with Crippen molar-refractivity contribution in [2.75, 3.05) is 37.5 Å². The molecule has 3 rings (SSSR count). The fraction of sp³-hybridized carbons (Fsp3) is 0.368. The lowest BCUT2D eigenvalue weighted by molar-refractivity contribution is 0.210. The number of benzene rings is 1. The Morgan fingerprint density at radius 3 is 2.81 bits per heavy atom. The summed E-state index contributed by atoms with van der Waals surface area (Å²) in [6, 6.07) is 3.59. The number of aromatic amines is 1. The molecule has 31 heavy (non-hydrogen) atoms. The van der Waals surface area contributed by atoms with Crippen molar-refractivity contribution < 1.29 is 18.6 Å². The minimum absolute atomic E-state index is 0.0788. The molecule has 1 aromatic carbocycles. The Bertz CT molecular complexity index is 1110. The minimum Gasteiger partial charge on any atom is -0.394 e. The predicted molar refractivity (Wildman–Crippen MR) is 114 cm³/mol. The first-order valence-corrected chi connectivity index (χ1v) is 10.4. The number of halogens is 2. The Labute approximate surface area is 180 Å². The molecule has 0 saturated heterocycles. The van der Waals surface area contributed by atoms with Crippen LogP contribution in [0.5, 0.6) is 0 Å². The summed E-state index contributed by atoms with van der Waals surface area (Å²) in [4.78, 5) is 28.0. The van der Waals surface area contributed by atoms with Crippen LogP contribution in [0.2, 0.25) is 0 Å². The van der Waals surface area contributed by atoms with Crippen LogP contribution in [-0.4, -0.2) is 58.0 Å². The van der Waals surface area contributed by atoms with E-state index in [1.165, 1.54) is 12.1 Å². The fourth-order valence-electron chi connectivity index (χ4n) is 2.59. The summed E-state index contributed by atoms with van der Waals surface area (Å²) in [6.45, 7) is 2.34. The number of nitrogens with one attached hydrogen (secondary N) is 3. The summed E-state index contributed by atoms with van der Waals surface area (Å²) in [5.74, 6) is -1.41. The maximum atomic E-state index is 13.9. The third kappa shape index (κ3) is 5.66. The number of methoxy groups -OCH3 is 1. The number of H-pyrrole nitrogens is 1.